The van der Waals surface area contributed by atoms with E-state index in [4.69, 9.17) is 9.47 Å². The van der Waals surface area contributed by atoms with E-state index in [2.05, 4.69) is 38.3 Å². The lowest BCUT2D eigenvalue weighted by Crippen LogP contribution is -2.36. The lowest BCUT2D eigenvalue weighted by Gasteiger charge is -2.33. The summed E-state index contributed by atoms with van der Waals surface area (Å²) in [6, 6.07) is 14.0. The van der Waals surface area contributed by atoms with Gasteiger partial charge in [-0.15, -0.1) is 0 Å². The molecule has 0 aromatic heterocycles. The van der Waals surface area contributed by atoms with Gasteiger partial charge in [-0.05, 0) is 77.2 Å². The summed E-state index contributed by atoms with van der Waals surface area (Å²) in [6.45, 7) is 2.00. The molecule has 6 heteroatoms. The van der Waals surface area contributed by atoms with Crippen LogP contribution in [0.3, 0.4) is 0 Å². The van der Waals surface area contributed by atoms with Gasteiger partial charge < -0.3 is 19.7 Å². The molecule has 5 nitrogen and oxygen atoms in total. The summed E-state index contributed by atoms with van der Waals surface area (Å²) in [5, 5.41) is 2.98. The molecule has 2 aromatic carbocycles. The van der Waals surface area contributed by atoms with E-state index in [9.17, 15) is 4.79 Å². The third-order valence-electron chi connectivity index (χ3n) is 5.15. The quantitative estimate of drug-likeness (QED) is 0.672. The Labute approximate surface area is 175 Å². The number of benzene rings is 2. The van der Waals surface area contributed by atoms with E-state index in [1.54, 1.807) is 14.2 Å². The van der Waals surface area contributed by atoms with E-state index in [-0.39, 0.29) is 5.91 Å². The zero-order valence-corrected chi connectivity index (χ0v) is 18.0. The Bertz CT molecular complexity index is 787. The summed E-state index contributed by atoms with van der Waals surface area (Å²) < 4.78 is 11.6. The predicted octanol–water partition coefficient (Wildman–Crippen LogP) is 4.64. The maximum atomic E-state index is 12.3. The van der Waals surface area contributed by atoms with Crippen molar-refractivity contribution in [2.24, 2.45) is 0 Å². The van der Waals surface area contributed by atoms with Crippen LogP contribution in [0, 0.1) is 0 Å². The van der Waals surface area contributed by atoms with Crippen LogP contribution >= 0.6 is 15.9 Å². The minimum absolute atomic E-state index is 0.0144. The zero-order valence-electron chi connectivity index (χ0n) is 16.4. The zero-order chi connectivity index (χ0) is 19.9. The minimum atomic E-state index is 0.0144. The Kier molecular flexibility index (Phi) is 7.34. The number of nitrogens with one attached hydrogen (secondary N) is 1. The number of anilines is 2. The maximum absolute atomic E-state index is 12.3. The van der Waals surface area contributed by atoms with E-state index >= 15 is 0 Å². The normalized spacial score (nSPS) is 14.8. The molecule has 1 aliphatic heterocycles. The van der Waals surface area contributed by atoms with Gasteiger partial charge in [0.25, 0.3) is 0 Å². The fraction of sp³-hybridized carbons (Fsp3) is 0.409. The third-order valence-corrected chi connectivity index (χ3v) is 5.77. The van der Waals surface area contributed by atoms with Crippen molar-refractivity contribution in [2.75, 3.05) is 37.5 Å². The van der Waals surface area contributed by atoms with Crippen LogP contribution in [0.5, 0.6) is 5.75 Å². The molecule has 0 unspecified atom stereocenters. The average molecular weight is 447 g/mol. The first kappa shape index (κ1) is 20.7. The smallest absolute Gasteiger partial charge is 0.224 e. The second-order valence-corrected chi connectivity index (χ2v) is 7.84. The van der Waals surface area contributed by atoms with Gasteiger partial charge in [0.15, 0.2) is 0 Å². The van der Waals surface area contributed by atoms with E-state index < -0.39 is 0 Å². The van der Waals surface area contributed by atoms with Gasteiger partial charge in [0.2, 0.25) is 5.91 Å². The Morgan fingerprint density at radius 3 is 2.46 bits per heavy atom. The molecule has 0 radical (unpaired) electrons. The van der Waals surface area contributed by atoms with Gasteiger partial charge in [0.1, 0.15) is 5.75 Å². The second-order valence-electron chi connectivity index (χ2n) is 6.99. The number of aryl methyl sites for hydroxylation is 1. The van der Waals surface area contributed by atoms with Gasteiger partial charge in [-0.25, -0.2) is 0 Å². The molecule has 1 saturated heterocycles. The number of carbonyl (C=O) groups is 1. The first-order chi connectivity index (χ1) is 13.6. The highest BCUT2D eigenvalue weighted by molar-refractivity contribution is 9.10. The largest absolute Gasteiger partial charge is 0.496 e. The van der Waals surface area contributed by atoms with Crippen LogP contribution in [0.2, 0.25) is 0 Å². The Hall–Kier alpha value is -2.05. The topological polar surface area (TPSA) is 50.8 Å². The average Bonchev–Trinajstić information content (AvgIpc) is 2.73. The van der Waals surface area contributed by atoms with Crippen molar-refractivity contribution in [1.29, 1.82) is 0 Å². The van der Waals surface area contributed by atoms with Gasteiger partial charge in [-0.3, -0.25) is 4.79 Å². The molecule has 2 aromatic rings. The summed E-state index contributed by atoms with van der Waals surface area (Å²) in [5.74, 6) is 0.806. The summed E-state index contributed by atoms with van der Waals surface area (Å²) in [7, 11) is 3.42. The number of hydrogen-bond acceptors (Lipinski definition) is 4. The number of ether oxygens (including phenoxy) is 2. The van der Waals surface area contributed by atoms with Crippen molar-refractivity contribution in [2.45, 2.75) is 31.8 Å². The molecule has 28 heavy (non-hydrogen) atoms. The van der Waals surface area contributed by atoms with Gasteiger partial charge >= 0.3 is 0 Å². The van der Waals surface area contributed by atoms with Crippen LogP contribution in [-0.4, -0.2) is 39.3 Å². The lowest BCUT2D eigenvalue weighted by molar-refractivity contribution is -0.116. The molecule has 1 aliphatic rings. The van der Waals surface area contributed by atoms with Crippen LogP contribution in [0.4, 0.5) is 11.4 Å². The van der Waals surface area contributed by atoms with E-state index in [1.807, 2.05) is 30.3 Å². The molecule has 0 bridgehead atoms. The van der Waals surface area contributed by atoms with Crippen molar-refractivity contribution < 1.29 is 14.3 Å². The Balaban J connectivity index is 1.48. The van der Waals surface area contributed by atoms with Crippen molar-refractivity contribution >= 4 is 33.2 Å². The number of nitrogens with zero attached hydrogens (tertiary/aromatic N) is 1. The van der Waals surface area contributed by atoms with Gasteiger partial charge in [0.05, 0.1) is 17.7 Å². The van der Waals surface area contributed by atoms with Crippen LogP contribution in [0.1, 0.15) is 24.8 Å². The molecule has 0 saturated carbocycles. The number of amides is 1. The third kappa shape index (κ3) is 5.49. The fourth-order valence-electron chi connectivity index (χ4n) is 3.45. The van der Waals surface area contributed by atoms with E-state index in [1.165, 1.54) is 5.69 Å². The molecule has 150 valence electrons. The summed E-state index contributed by atoms with van der Waals surface area (Å²) in [6.07, 6.45) is 3.60. The maximum Gasteiger partial charge on any atom is 0.224 e. The summed E-state index contributed by atoms with van der Waals surface area (Å²) in [5.41, 5.74) is 3.12. The summed E-state index contributed by atoms with van der Waals surface area (Å²) >= 11 is 3.48. The highest BCUT2D eigenvalue weighted by atomic mass is 79.9. The number of hydrogen-bond donors (Lipinski definition) is 1. The van der Waals surface area contributed by atoms with Crippen LogP contribution in [0.15, 0.2) is 46.9 Å². The minimum Gasteiger partial charge on any atom is -0.496 e. The SMILES string of the molecule is COc1ccc(CCC(=O)Nc2ccc(N3CCC(OC)CC3)cc2)cc1Br. The van der Waals surface area contributed by atoms with Gasteiger partial charge in [-0.2, -0.15) is 0 Å². The Morgan fingerprint density at radius 2 is 1.86 bits per heavy atom. The molecule has 1 N–H and O–H groups in total. The number of methoxy groups -OCH3 is 2. The van der Waals surface area contributed by atoms with Crippen LogP contribution in [-0.2, 0) is 16.0 Å². The number of carbonyl (C=O) groups excluding carboxylic acids is 1. The number of halogens is 1. The fourth-order valence-corrected chi connectivity index (χ4v) is 4.04. The predicted molar refractivity (Wildman–Crippen MR) is 116 cm³/mol. The van der Waals surface area contributed by atoms with E-state index in [0.29, 0.717) is 18.9 Å². The van der Waals surface area contributed by atoms with Crippen molar-refractivity contribution in [3.63, 3.8) is 0 Å². The lowest BCUT2D eigenvalue weighted by atomic mass is 10.1. The first-order valence-electron chi connectivity index (χ1n) is 9.59. The molecule has 0 atom stereocenters. The molecule has 0 spiro atoms. The van der Waals surface area contributed by atoms with Crippen molar-refractivity contribution in [1.82, 2.24) is 0 Å². The first-order valence-corrected chi connectivity index (χ1v) is 10.4. The van der Waals surface area contributed by atoms with Gasteiger partial charge in [0, 0.05) is 38.0 Å². The van der Waals surface area contributed by atoms with E-state index in [0.717, 1.165) is 47.4 Å². The molecule has 3 rings (SSSR count). The summed E-state index contributed by atoms with van der Waals surface area (Å²) in [4.78, 5) is 14.6. The van der Waals surface area contributed by atoms with Crippen molar-refractivity contribution in [3.05, 3.63) is 52.5 Å². The molecule has 1 amide bonds. The van der Waals surface area contributed by atoms with Crippen LogP contribution < -0.4 is 15.0 Å². The number of rotatable bonds is 7. The van der Waals surface area contributed by atoms with Crippen LogP contribution in [0.25, 0.3) is 0 Å². The van der Waals surface area contributed by atoms with Gasteiger partial charge in [-0.1, -0.05) is 6.07 Å². The standard InChI is InChI=1S/C22H27BrN2O3/c1-27-19-11-13-25(14-12-19)18-7-5-17(6-8-18)24-22(26)10-4-16-3-9-21(28-2)20(23)15-16/h3,5-9,15,19H,4,10-14H2,1-2H3,(H,24,26). The molecule has 1 heterocycles. The molecule has 1 fully saturated rings. The highest BCUT2D eigenvalue weighted by Crippen LogP contribution is 2.26. The molecular formula is C22H27BrN2O3. The Morgan fingerprint density at radius 1 is 1.14 bits per heavy atom. The monoisotopic (exact) mass is 446 g/mol. The number of piperidine rings is 1. The molecule has 0 aliphatic carbocycles. The molecular weight excluding hydrogens is 420 g/mol. The van der Waals surface area contributed by atoms with Crippen molar-refractivity contribution in [3.8, 4) is 5.75 Å². The highest BCUT2D eigenvalue weighted by Gasteiger charge is 2.18. The second kappa shape index (κ2) is 9.94.